The molecule has 2 N–H and O–H groups in total. The molecular formula is C20H24N3OS+. The van der Waals surface area contributed by atoms with E-state index in [9.17, 15) is 4.79 Å². The van der Waals surface area contributed by atoms with Crippen LogP contribution in [0.3, 0.4) is 0 Å². The molecule has 0 spiro atoms. The number of hydrogen-bond acceptors (Lipinski definition) is 3. The van der Waals surface area contributed by atoms with Gasteiger partial charge in [0.15, 0.2) is 5.82 Å². The summed E-state index contributed by atoms with van der Waals surface area (Å²) in [5.41, 5.74) is 3.54. The molecule has 0 saturated heterocycles. The van der Waals surface area contributed by atoms with Gasteiger partial charge in [-0.3, -0.25) is 4.79 Å². The minimum atomic E-state index is -0.00793. The van der Waals surface area contributed by atoms with Gasteiger partial charge in [-0.05, 0) is 22.9 Å². The first kappa shape index (κ1) is 16.5. The van der Waals surface area contributed by atoms with E-state index in [1.165, 1.54) is 40.2 Å². The average molecular weight is 354 g/mol. The molecule has 25 heavy (non-hydrogen) atoms. The Hall–Kier alpha value is -1.98. The third kappa shape index (κ3) is 3.67. The molecule has 1 aliphatic rings. The second-order valence-electron chi connectivity index (χ2n) is 7.33. The number of nitrogens with one attached hydrogen (secondary N) is 2. The van der Waals surface area contributed by atoms with E-state index in [-0.39, 0.29) is 5.56 Å². The van der Waals surface area contributed by atoms with Crippen molar-refractivity contribution in [1.29, 1.82) is 0 Å². The van der Waals surface area contributed by atoms with Crippen LogP contribution < -0.4 is 10.5 Å². The predicted octanol–water partition coefficient (Wildman–Crippen LogP) is 2.86. The van der Waals surface area contributed by atoms with Gasteiger partial charge in [-0.15, -0.1) is 11.3 Å². The number of fused-ring (bicyclic) bond motifs is 1. The van der Waals surface area contributed by atoms with Crippen LogP contribution in [-0.4, -0.2) is 16.0 Å². The van der Waals surface area contributed by atoms with Gasteiger partial charge in [-0.2, -0.15) is 0 Å². The van der Waals surface area contributed by atoms with Crippen molar-refractivity contribution in [1.82, 2.24) is 9.97 Å². The third-order valence-electron chi connectivity index (χ3n) is 4.99. The maximum atomic E-state index is 12.2. The molecule has 1 fully saturated rings. The van der Waals surface area contributed by atoms with Gasteiger partial charge in [-0.25, -0.2) is 4.98 Å². The summed E-state index contributed by atoms with van der Waals surface area (Å²) in [5.74, 6) is 1.36. The Bertz CT molecular complexity index is 922. The number of aromatic nitrogens is 2. The van der Waals surface area contributed by atoms with E-state index >= 15 is 0 Å². The maximum absolute atomic E-state index is 12.2. The SMILES string of the molecule is CC(C)c1ccc(C[NH+](Cc2nc3ccsc3c(=O)[nH]2)C2CC2)cc1. The van der Waals surface area contributed by atoms with E-state index in [0.29, 0.717) is 12.0 Å². The van der Waals surface area contributed by atoms with Crippen molar-refractivity contribution < 1.29 is 4.90 Å². The molecule has 3 aromatic rings. The number of H-pyrrole nitrogens is 1. The third-order valence-corrected chi connectivity index (χ3v) is 5.89. The summed E-state index contributed by atoms with van der Waals surface area (Å²) in [4.78, 5) is 21.3. The Labute approximate surface area is 151 Å². The lowest BCUT2D eigenvalue weighted by Crippen LogP contribution is -3.10. The van der Waals surface area contributed by atoms with Gasteiger partial charge < -0.3 is 9.88 Å². The molecule has 0 aliphatic heterocycles. The van der Waals surface area contributed by atoms with Gasteiger partial charge >= 0.3 is 0 Å². The standard InChI is InChI=1S/C20H23N3OS/c1-13(2)15-5-3-14(4-6-15)11-23(16-7-8-16)12-18-21-17-9-10-25-19(17)20(24)22-18/h3-6,9-10,13,16H,7-8,11-12H2,1-2H3,(H,21,22,24)/p+1. The second-order valence-corrected chi connectivity index (χ2v) is 8.25. The van der Waals surface area contributed by atoms with E-state index in [1.807, 2.05) is 11.4 Å². The fourth-order valence-corrected chi connectivity index (χ4v) is 4.07. The zero-order valence-corrected chi connectivity index (χ0v) is 15.5. The number of rotatable bonds is 6. The van der Waals surface area contributed by atoms with E-state index < -0.39 is 0 Å². The molecule has 2 aromatic heterocycles. The van der Waals surface area contributed by atoms with Crippen LogP contribution in [0.1, 0.15) is 49.6 Å². The Morgan fingerprint density at radius 3 is 2.64 bits per heavy atom. The van der Waals surface area contributed by atoms with Crippen LogP contribution in [-0.2, 0) is 13.1 Å². The van der Waals surface area contributed by atoms with Crippen molar-refractivity contribution in [3.05, 3.63) is 63.0 Å². The quantitative estimate of drug-likeness (QED) is 0.715. The van der Waals surface area contributed by atoms with Crippen LogP contribution >= 0.6 is 11.3 Å². The first-order chi connectivity index (χ1) is 12.1. The van der Waals surface area contributed by atoms with Crippen molar-refractivity contribution in [2.75, 3.05) is 0 Å². The molecule has 0 bridgehead atoms. The normalized spacial score (nSPS) is 15.8. The highest BCUT2D eigenvalue weighted by Crippen LogP contribution is 2.18. The average Bonchev–Trinajstić information content (AvgIpc) is 3.33. The summed E-state index contributed by atoms with van der Waals surface area (Å²) < 4.78 is 0.723. The zero-order chi connectivity index (χ0) is 17.4. The molecule has 4 nitrogen and oxygen atoms in total. The summed E-state index contributed by atoms with van der Waals surface area (Å²) >= 11 is 1.45. The molecule has 5 heteroatoms. The Morgan fingerprint density at radius 1 is 1.20 bits per heavy atom. The van der Waals surface area contributed by atoms with Crippen LogP contribution in [0.4, 0.5) is 0 Å². The molecule has 1 aliphatic carbocycles. The second kappa shape index (κ2) is 6.73. The summed E-state index contributed by atoms with van der Waals surface area (Å²) in [6, 6.07) is 11.6. The van der Waals surface area contributed by atoms with Crippen LogP contribution in [0.15, 0.2) is 40.5 Å². The fraction of sp³-hybridized carbons (Fsp3) is 0.400. The van der Waals surface area contributed by atoms with Crippen molar-refractivity contribution in [2.24, 2.45) is 0 Å². The van der Waals surface area contributed by atoms with Gasteiger partial charge in [0.05, 0.1) is 11.6 Å². The molecule has 0 radical (unpaired) electrons. The number of thiophene rings is 1. The molecule has 4 rings (SSSR count). The lowest BCUT2D eigenvalue weighted by atomic mass is 10.0. The smallest absolute Gasteiger partial charge is 0.269 e. The summed E-state index contributed by atoms with van der Waals surface area (Å²) in [5, 5.41) is 1.93. The first-order valence-corrected chi connectivity index (χ1v) is 9.88. The predicted molar refractivity (Wildman–Crippen MR) is 102 cm³/mol. The lowest BCUT2D eigenvalue weighted by molar-refractivity contribution is -0.939. The highest BCUT2D eigenvalue weighted by molar-refractivity contribution is 7.17. The molecule has 1 saturated carbocycles. The zero-order valence-electron chi connectivity index (χ0n) is 14.7. The van der Waals surface area contributed by atoms with Crippen LogP contribution in [0.5, 0.6) is 0 Å². The van der Waals surface area contributed by atoms with Crippen LogP contribution in [0.25, 0.3) is 10.2 Å². The van der Waals surface area contributed by atoms with Crippen molar-refractivity contribution in [3.63, 3.8) is 0 Å². The number of aromatic amines is 1. The Kier molecular flexibility index (Phi) is 4.44. The first-order valence-electron chi connectivity index (χ1n) is 9.00. The Morgan fingerprint density at radius 2 is 1.96 bits per heavy atom. The summed E-state index contributed by atoms with van der Waals surface area (Å²) in [7, 11) is 0. The minimum Gasteiger partial charge on any atom is -0.322 e. The van der Waals surface area contributed by atoms with E-state index in [2.05, 4.69) is 48.1 Å². The molecule has 130 valence electrons. The van der Waals surface area contributed by atoms with Crippen molar-refractivity contribution in [2.45, 2.75) is 51.7 Å². The summed E-state index contributed by atoms with van der Waals surface area (Å²) in [6.07, 6.45) is 2.54. The van der Waals surface area contributed by atoms with Crippen molar-refractivity contribution >= 4 is 21.6 Å². The van der Waals surface area contributed by atoms with E-state index in [1.54, 1.807) is 0 Å². The highest BCUT2D eigenvalue weighted by Gasteiger charge is 2.33. The van der Waals surface area contributed by atoms with Gasteiger partial charge in [0, 0.05) is 18.4 Å². The molecule has 1 aromatic carbocycles. The Balaban J connectivity index is 1.53. The number of nitrogens with zero attached hydrogens (tertiary/aromatic N) is 1. The lowest BCUT2D eigenvalue weighted by Gasteiger charge is -2.19. The minimum absolute atomic E-state index is 0.00793. The van der Waals surface area contributed by atoms with Crippen molar-refractivity contribution in [3.8, 4) is 0 Å². The largest absolute Gasteiger partial charge is 0.322 e. The topological polar surface area (TPSA) is 50.2 Å². The fourth-order valence-electron chi connectivity index (χ4n) is 3.35. The molecular weight excluding hydrogens is 330 g/mol. The van der Waals surface area contributed by atoms with Gasteiger partial charge in [0.1, 0.15) is 17.8 Å². The van der Waals surface area contributed by atoms with Gasteiger partial charge in [0.2, 0.25) is 0 Å². The molecule has 2 heterocycles. The number of benzene rings is 1. The van der Waals surface area contributed by atoms with Gasteiger partial charge in [-0.1, -0.05) is 38.1 Å². The highest BCUT2D eigenvalue weighted by atomic mass is 32.1. The molecule has 1 atom stereocenters. The van der Waals surface area contributed by atoms with E-state index in [0.717, 1.165) is 29.1 Å². The van der Waals surface area contributed by atoms with Gasteiger partial charge in [0.25, 0.3) is 5.56 Å². The number of hydrogen-bond donors (Lipinski definition) is 2. The van der Waals surface area contributed by atoms with Crippen LogP contribution in [0, 0.1) is 0 Å². The van der Waals surface area contributed by atoms with Crippen LogP contribution in [0.2, 0.25) is 0 Å². The number of quaternary nitrogens is 1. The molecule has 1 unspecified atom stereocenters. The monoisotopic (exact) mass is 354 g/mol. The molecule has 0 amide bonds. The summed E-state index contributed by atoms with van der Waals surface area (Å²) in [6.45, 7) is 6.20. The van der Waals surface area contributed by atoms with E-state index in [4.69, 9.17) is 0 Å². The maximum Gasteiger partial charge on any atom is 0.269 e.